The zero-order valence-electron chi connectivity index (χ0n) is 8.84. The standard InChI is InChI=1S/C11H15ClFN.ClH/c1-3-7(2)11(14)10-8(12)5-4-6-9(10)13;/h4-7,11H,3,14H2,1-2H3;1H/t7?,11-;/m1./s1. The molecule has 86 valence electrons. The summed E-state index contributed by atoms with van der Waals surface area (Å²) in [5.74, 6) is -0.0882. The zero-order chi connectivity index (χ0) is 10.7. The number of hydrogen-bond donors (Lipinski definition) is 1. The Bertz CT molecular complexity index is 297. The van der Waals surface area contributed by atoms with Crippen LogP contribution in [0.5, 0.6) is 0 Å². The fourth-order valence-corrected chi connectivity index (χ4v) is 1.66. The van der Waals surface area contributed by atoms with Gasteiger partial charge in [-0.3, -0.25) is 0 Å². The van der Waals surface area contributed by atoms with Crippen molar-refractivity contribution in [2.24, 2.45) is 11.7 Å². The first-order chi connectivity index (χ1) is 6.57. The summed E-state index contributed by atoms with van der Waals surface area (Å²) in [6, 6.07) is 4.32. The molecule has 15 heavy (non-hydrogen) atoms. The molecule has 0 amide bonds. The average Bonchev–Trinajstić information content (AvgIpc) is 2.16. The van der Waals surface area contributed by atoms with E-state index in [4.69, 9.17) is 17.3 Å². The van der Waals surface area contributed by atoms with E-state index in [1.54, 1.807) is 12.1 Å². The zero-order valence-corrected chi connectivity index (χ0v) is 10.4. The van der Waals surface area contributed by atoms with Gasteiger partial charge >= 0.3 is 0 Å². The van der Waals surface area contributed by atoms with E-state index in [1.165, 1.54) is 6.07 Å². The lowest BCUT2D eigenvalue weighted by Gasteiger charge is -2.20. The van der Waals surface area contributed by atoms with Gasteiger partial charge in [0, 0.05) is 16.6 Å². The van der Waals surface area contributed by atoms with Crippen LogP contribution in [0.25, 0.3) is 0 Å². The molecule has 0 fully saturated rings. The van der Waals surface area contributed by atoms with Crippen LogP contribution in [0.2, 0.25) is 5.02 Å². The highest BCUT2D eigenvalue weighted by atomic mass is 35.5. The maximum atomic E-state index is 13.4. The van der Waals surface area contributed by atoms with Crippen LogP contribution in [-0.4, -0.2) is 0 Å². The molecule has 1 unspecified atom stereocenters. The van der Waals surface area contributed by atoms with E-state index in [1.807, 2.05) is 13.8 Å². The summed E-state index contributed by atoms with van der Waals surface area (Å²) >= 11 is 5.91. The molecule has 0 aliphatic carbocycles. The highest BCUT2D eigenvalue weighted by Crippen LogP contribution is 2.29. The molecule has 4 heteroatoms. The summed E-state index contributed by atoms with van der Waals surface area (Å²) in [4.78, 5) is 0. The van der Waals surface area contributed by atoms with Crippen LogP contribution in [0.3, 0.4) is 0 Å². The molecule has 0 radical (unpaired) electrons. The van der Waals surface area contributed by atoms with E-state index < -0.39 is 0 Å². The first-order valence-corrected chi connectivity index (χ1v) is 5.15. The number of nitrogens with two attached hydrogens (primary N) is 1. The smallest absolute Gasteiger partial charge is 0.129 e. The molecule has 0 heterocycles. The van der Waals surface area contributed by atoms with E-state index in [0.29, 0.717) is 10.6 Å². The Balaban J connectivity index is 0.00000196. The molecule has 1 aromatic carbocycles. The van der Waals surface area contributed by atoms with Gasteiger partial charge in [0.25, 0.3) is 0 Å². The van der Waals surface area contributed by atoms with Gasteiger partial charge in [-0.2, -0.15) is 0 Å². The van der Waals surface area contributed by atoms with Crippen molar-refractivity contribution in [1.29, 1.82) is 0 Å². The molecule has 0 spiro atoms. The summed E-state index contributed by atoms with van der Waals surface area (Å²) in [5, 5.41) is 0.415. The number of rotatable bonds is 3. The van der Waals surface area contributed by atoms with Crippen LogP contribution < -0.4 is 5.73 Å². The molecule has 1 aromatic rings. The lowest BCUT2D eigenvalue weighted by molar-refractivity contribution is 0.439. The van der Waals surface area contributed by atoms with Crippen LogP contribution >= 0.6 is 24.0 Å². The van der Waals surface area contributed by atoms with E-state index in [-0.39, 0.29) is 30.2 Å². The van der Waals surface area contributed by atoms with Gasteiger partial charge in [-0.05, 0) is 18.1 Å². The van der Waals surface area contributed by atoms with Gasteiger partial charge in [0.1, 0.15) is 5.82 Å². The maximum absolute atomic E-state index is 13.4. The highest BCUT2D eigenvalue weighted by Gasteiger charge is 2.19. The Hall–Kier alpha value is -0.310. The van der Waals surface area contributed by atoms with Crippen LogP contribution in [0, 0.1) is 11.7 Å². The fourth-order valence-electron chi connectivity index (χ4n) is 1.37. The second-order valence-corrected chi connectivity index (χ2v) is 3.95. The third-order valence-corrected chi connectivity index (χ3v) is 2.92. The van der Waals surface area contributed by atoms with Crippen molar-refractivity contribution in [1.82, 2.24) is 0 Å². The molecule has 0 saturated heterocycles. The SMILES string of the molecule is CCC(C)[C@@H](N)c1c(F)cccc1Cl.Cl. The fraction of sp³-hybridized carbons (Fsp3) is 0.455. The third-order valence-electron chi connectivity index (χ3n) is 2.59. The van der Waals surface area contributed by atoms with Gasteiger partial charge in [0.2, 0.25) is 0 Å². The van der Waals surface area contributed by atoms with Crippen molar-refractivity contribution >= 4 is 24.0 Å². The second kappa shape index (κ2) is 6.31. The van der Waals surface area contributed by atoms with E-state index in [0.717, 1.165) is 6.42 Å². The summed E-state index contributed by atoms with van der Waals surface area (Å²) in [6.45, 7) is 4.02. The maximum Gasteiger partial charge on any atom is 0.129 e. The second-order valence-electron chi connectivity index (χ2n) is 3.55. The molecular weight excluding hydrogens is 236 g/mol. The van der Waals surface area contributed by atoms with Crippen LogP contribution in [0.15, 0.2) is 18.2 Å². The number of benzene rings is 1. The lowest BCUT2D eigenvalue weighted by Crippen LogP contribution is -2.20. The van der Waals surface area contributed by atoms with Gasteiger partial charge in [-0.1, -0.05) is 37.9 Å². The lowest BCUT2D eigenvalue weighted by atomic mass is 9.93. The van der Waals surface area contributed by atoms with Crippen molar-refractivity contribution in [3.63, 3.8) is 0 Å². The monoisotopic (exact) mass is 251 g/mol. The molecule has 0 saturated carbocycles. The minimum Gasteiger partial charge on any atom is -0.324 e. The Morgan fingerprint density at radius 1 is 1.47 bits per heavy atom. The van der Waals surface area contributed by atoms with Crippen LogP contribution in [-0.2, 0) is 0 Å². The van der Waals surface area contributed by atoms with Crippen molar-refractivity contribution in [2.45, 2.75) is 26.3 Å². The van der Waals surface area contributed by atoms with Crippen molar-refractivity contribution in [2.75, 3.05) is 0 Å². The van der Waals surface area contributed by atoms with Crippen LogP contribution in [0.4, 0.5) is 4.39 Å². The Morgan fingerprint density at radius 2 is 2.07 bits per heavy atom. The number of halogens is 3. The predicted molar refractivity (Wildman–Crippen MR) is 65.0 cm³/mol. The first kappa shape index (κ1) is 14.7. The average molecular weight is 252 g/mol. The summed E-state index contributed by atoms with van der Waals surface area (Å²) in [7, 11) is 0. The van der Waals surface area contributed by atoms with Gasteiger partial charge in [0.15, 0.2) is 0 Å². The minimum atomic E-state index is -0.325. The molecule has 0 aromatic heterocycles. The van der Waals surface area contributed by atoms with Crippen molar-refractivity contribution in [3.8, 4) is 0 Å². The highest BCUT2D eigenvalue weighted by molar-refractivity contribution is 6.31. The summed E-state index contributed by atoms with van der Waals surface area (Å²) in [6.07, 6.45) is 0.909. The van der Waals surface area contributed by atoms with Crippen molar-refractivity contribution in [3.05, 3.63) is 34.6 Å². The molecule has 0 aliphatic rings. The molecule has 0 bridgehead atoms. The third kappa shape index (κ3) is 3.33. The summed E-state index contributed by atoms with van der Waals surface area (Å²) < 4.78 is 13.4. The quantitative estimate of drug-likeness (QED) is 0.866. The molecule has 2 atom stereocenters. The Kier molecular flexibility index (Phi) is 6.18. The van der Waals surface area contributed by atoms with Gasteiger partial charge in [-0.25, -0.2) is 4.39 Å². The molecular formula is C11H16Cl2FN. The molecule has 1 rings (SSSR count). The normalized spacial score (nSPS) is 14.2. The number of hydrogen-bond acceptors (Lipinski definition) is 1. The Labute approximate surface area is 101 Å². The van der Waals surface area contributed by atoms with E-state index in [9.17, 15) is 4.39 Å². The van der Waals surface area contributed by atoms with E-state index in [2.05, 4.69) is 0 Å². The largest absolute Gasteiger partial charge is 0.324 e. The van der Waals surface area contributed by atoms with Gasteiger partial charge in [0.05, 0.1) is 0 Å². The first-order valence-electron chi connectivity index (χ1n) is 4.77. The van der Waals surface area contributed by atoms with Crippen molar-refractivity contribution < 1.29 is 4.39 Å². The minimum absolute atomic E-state index is 0. The van der Waals surface area contributed by atoms with Crippen LogP contribution in [0.1, 0.15) is 31.9 Å². The Morgan fingerprint density at radius 3 is 2.53 bits per heavy atom. The molecule has 0 aliphatic heterocycles. The molecule has 2 N–H and O–H groups in total. The van der Waals surface area contributed by atoms with E-state index >= 15 is 0 Å². The topological polar surface area (TPSA) is 26.0 Å². The summed E-state index contributed by atoms with van der Waals surface area (Å²) in [5.41, 5.74) is 6.36. The molecule has 1 nitrogen and oxygen atoms in total. The predicted octanol–water partition coefficient (Wildman–Crippen LogP) is 3.95. The van der Waals surface area contributed by atoms with Gasteiger partial charge in [-0.15, -0.1) is 12.4 Å². The van der Waals surface area contributed by atoms with Gasteiger partial charge < -0.3 is 5.73 Å².